The Kier molecular flexibility index (Phi) is 5.43. The second-order valence-corrected chi connectivity index (χ2v) is 5.95. The van der Waals surface area contributed by atoms with Crippen LogP contribution in [0.3, 0.4) is 0 Å². The van der Waals surface area contributed by atoms with E-state index in [9.17, 15) is 4.79 Å². The van der Waals surface area contributed by atoms with Crippen molar-refractivity contribution in [3.8, 4) is 5.75 Å². The first-order valence-corrected chi connectivity index (χ1v) is 8.16. The van der Waals surface area contributed by atoms with Crippen LogP contribution in [0.2, 0.25) is 0 Å². The van der Waals surface area contributed by atoms with Crippen LogP contribution in [0.5, 0.6) is 5.75 Å². The van der Waals surface area contributed by atoms with Gasteiger partial charge in [-0.15, -0.1) is 5.10 Å². The van der Waals surface area contributed by atoms with Gasteiger partial charge < -0.3 is 14.8 Å². The van der Waals surface area contributed by atoms with E-state index in [1.807, 2.05) is 31.2 Å². The van der Waals surface area contributed by atoms with Crippen molar-refractivity contribution in [2.24, 2.45) is 0 Å². The van der Waals surface area contributed by atoms with Crippen LogP contribution in [0.1, 0.15) is 24.1 Å². The number of aryl methyl sites for hydroxylation is 1. The molecule has 1 aliphatic heterocycles. The van der Waals surface area contributed by atoms with Gasteiger partial charge in [-0.2, -0.15) is 0 Å². The van der Waals surface area contributed by atoms with Gasteiger partial charge in [0.05, 0.1) is 12.3 Å². The lowest BCUT2D eigenvalue weighted by molar-refractivity contribution is -0.122. The van der Waals surface area contributed by atoms with E-state index in [0.717, 1.165) is 30.8 Å². The Hall–Kier alpha value is -2.41. The van der Waals surface area contributed by atoms with E-state index in [0.29, 0.717) is 18.8 Å². The van der Waals surface area contributed by atoms with Gasteiger partial charge in [0, 0.05) is 13.2 Å². The fraction of sp³-hybridized carbons (Fsp3) is 0.471. The Bertz CT molecular complexity index is 680. The molecule has 0 bridgehead atoms. The molecule has 24 heavy (non-hydrogen) atoms. The van der Waals surface area contributed by atoms with E-state index >= 15 is 0 Å². The quantitative estimate of drug-likeness (QED) is 0.831. The van der Waals surface area contributed by atoms with Crippen molar-refractivity contribution in [2.75, 3.05) is 13.2 Å². The van der Waals surface area contributed by atoms with Crippen molar-refractivity contribution in [3.05, 3.63) is 41.7 Å². The molecule has 1 aliphatic rings. The van der Waals surface area contributed by atoms with Gasteiger partial charge in [-0.3, -0.25) is 4.79 Å². The van der Waals surface area contributed by atoms with Crippen LogP contribution >= 0.6 is 0 Å². The fourth-order valence-corrected chi connectivity index (χ4v) is 2.58. The van der Waals surface area contributed by atoms with Gasteiger partial charge in [0.15, 0.2) is 0 Å². The standard InChI is InChI=1S/C17H22N4O3/c1-13-4-2-5-15(8-13)24-12-14-10-21(20-19-14)11-17(22)18-9-16-6-3-7-23-16/h2,4-5,8,10,16H,3,6-7,9,11-12H2,1H3,(H,18,22)/t16-/m0/s1. The van der Waals surface area contributed by atoms with Gasteiger partial charge in [0.2, 0.25) is 5.91 Å². The molecule has 1 amide bonds. The molecule has 0 aliphatic carbocycles. The number of nitrogens with one attached hydrogen (secondary N) is 1. The summed E-state index contributed by atoms with van der Waals surface area (Å²) in [5.41, 5.74) is 1.82. The van der Waals surface area contributed by atoms with Crippen molar-refractivity contribution in [1.29, 1.82) is 0 Å². The Morgan fingerprint density at radius 1 is 1.50 bits per heavy atom. The molecule has 2 aromatic rings. The Labute approximate surface area is 141 Å². The summed E-state index contributed by atoms with van der Waals surface area (Å²) in [5, 5.41) is 10.9. The van der Waals surface area contributed by atoms with Crippen LogP contribution in [0.4, 0.5) is 0 Å². The minimum atomic E-state index is -0.0958. The van der Waals surface area contributed by atoms with E-state index in [2.05, 4.69) is 15.6 Å². The summed E-state index contributed by atoms with van der Waals surface area (Å²) < 4.78 is 12.7. The summed E-state index contributed by atoms with van der Waals surface area (Å²) in [7, 11) is 0. The molecular formula is C17H22N4O3. The third-order valence-electron chi connectivity index (χ3n) is 3.82. The number of benzene rings is 1. The van der Waals surface area contributed by atoms with Crippen LogP contribution in [-0.4, -0.2) is 40.2 Å². The molecule has 2 heterocycles. The molecule has 1 atom stereocenters. The first-order valence-electron chi connectivity index (χ1n) is 8.16. The minimum Gasteiger partial charge on any atom is -0.487 e. The van der Waals surface area contributed by atoms with Crippen molar-refractivity contribution >= 4 is 5.91 Å². The van der Waals surface area contributed by atoms with Crippen molar-refractivity contribution in [1.82, 2.24) is 20.3 Å². The molecule has 7 heteroatoms. The van der Waals surface area contributed by atoms with Gasteiger partial charge in [-0.05, 0) is 37.5 Å². The molecular weight excluding hydrogens is 308 g/mol. The van der Waals surface area contributed by atoms with E-state index in [1.54, 1.807) is 6.20 Å². The van der Waals surface area contributed by atoms with Crippen LogP contribution in [0, 0.1) is 6.92 Å². The predicted octanol–water partition coefficient (Wildman–Crippen LogP) is 1.46. The van der Waals surface area contributed by atoms with Gasteiger partial charge in [-0.1, -0.05) is 17.3 Å². The van der Waals surface area contributed by atoms with Crippen LogP contribution in [-0.2, 0) is 22.7 Å². The minimum absolute atomic E-state index is 0.0958. The highest BCUT2D eigenvalue weighted by Gasteiger charge is 2.16. The number of amides is 1. The van der Waals surface area contributed by atoms with E-state index in [-0.39, 0.29) is 18.6 Å². The van der Waals surface area contributed by atoms with Crippen molar-refractivity contribution in [3.63, 3.8) is 0 Å². The van der Waals surface area contributed by atoms with Crippen molar-refractivity contribution < 1.29 is 14.3 Å². The fourth-order valence-electron chi connectivity index (χ4n) is 2.58. The summed E-state index contributed by atoms with van der Waals surface area (Å²) in [6.45, 7) is 3.81. The molecule has 0 saturated carbocycles. The van der Waals surface area contributed by atoms with Gasteiger partial charge >= 0.3 is 0 Å². The first-order chi connectivity index (χ1) is 11.7. The third-order valence-corrected chi connectivity index (χ3v) is 3.82. The molecule has 0 unspecified atom stereocenters. The zero-order chi connectivity index (χ0) is 16.8. The summed E-state index contributed by atoms with van der Waals surface area (Å²) in [4.78, 5) is 11.9. The highest BCUT2D eigenvalue weighted by atomic mass is 16.5. The van der Waals surface area contributed by atoms with E-state index < -0.39 is 0 Å². The second-order valence-electron chi connectivity index (χ2n) is 5.95. The summed E-state index contributed by atoms with van der Waals surface area (Å²) in [5.74, 6) is 0.695. The lowest BCUT2D eigenvalue weighted by atomic mass is 10.2. The number of hydrogen-bond acceptors (Lipinski definition) is 5. The predicted molar refractivity (Wildman–Crippen MR) is 87.5 cm³/mol. The van der Waals surface area contributed by atoms with Gasteiger partial charge in [-0.25, -0.2) is 4.68 Å². The van der Waals surface area contributed by atoms with E-state index in [1.165, 1.54) is 4.68 Å². The zero-order valence-corrected chi connectivity index (χ0v) is 13.8. The smallest absolute Gasteiger partial charge is 0.241 e. The number of ether oxygens (including phenoxy) is 2. The lowest BCUT2D eigenvalue weighted by Gasteiger charge is -2.10. The molecule has 1 aromatic carbocycles. The Balaban J connectivity index is 1.43. The van der Waals surface area contributed by atoms with Crippen LogP contribution < -0.4 is 10.1 Å². The maximum atomic E-state index is 11.9. The third kappa shape index (κ3) is 4.79. The highest BCUT2D eigenvalue weighted by molar-refractivity contribution is 5.75. The number of hydrogen-bond donors (Lipinski definition) is 1. The van der Waals surface area contributed by atoms with Crippen LogP contribution in [0.15, 0.2) is 30.5 Å². The Morgan fingerprint density at radius 3 is 3.21 bits per heavy atom. The molecule has 1 saturated heterocycles. The average Bonchev–Trinajstić information content (AvgIpc) is 3.23. The number of rotatable bonds is 7. The number of carbonyl (C=O) groups is 1. The molecule has 1 N–H and O–H groups in total. The first kappa shape index (κ1) is 16.4. The second kappa shape index (κ2) is 7.92. The maximum absolute atomic E-state index is 11.9. The maximum Gasteiger partial charge on any atom is 0.241 e. The summed E-state index contributed by atoms with van der Waals surface area (Å²) in [6, 6.07) is 7.82. The molecule has 0 spiro atoms. The molecule has 1 aromatic heterocycles. The molecule has 1 fully saturated rings. The van der Waals surface area contributed by atoms with Crippen molar-refractivity contribution in [2.45, 2.75) is 39.0 Å². The Morgan fingerprint density at radius 2 is 2.42 bits per heavy atom. The topological polar surface area (TPSA) is 78.3 Å². The molecule has 128 valence electrons. The number of aromatic nitrogens is 3. The van der Waals surface area contributed by atoms with E-state index in [4.69, 9.17) is 9.47 Å². The average molecular weight is 330 g/mol. The number of carbonyl (C=O) groups excluding carboxylic acids is 1. The zero-order valence-electron chi connectivity index (χ0n) is 13.8. The van der Waals surface area contributed by atoms with Gasteiger partial charge in [0.1, 0.15) is 24.6 Å². The van der Waals surface area contributed by atoms with Crippen LogP contribution in [0.25, 0.3) is 0 Å². The number of nitrogens with zero attached hydrogens (tertiary/aromatic N) is 3. The SMILES string of the molecule is Cc1cccc(OCc2cn(CC(=O)NC[C@@H]3CCCO3)nn2)c1. The monoisotopic (exact) mass is 330 g/mol. The summed E-state index contributed by atoms with van der Waals surface area (Å²) >= 11 is 0. The normalized spacial score (nSPS) is 17.0. The summed E-state index contributed by atoms with van der Waals surface area (Å²) in [6.07, 6.45) is 3.93. The molecule has 0 radical (unpaired) electrons. The molecule has 7 nitrogen and oxygen atoms in total. The highest BCUT2D eigenvalue weighted by Crippen LogP contribution is 2.13. The lowest BCUT2D eigenvalue weighted by Crippen LogP contribution is -2.34. The largest absolute Gasteiger partial charge is 0.487 e. The molecule has 3 rings (SSSR count). The van der Waals surface area contributed by atoms with Gasteiger partial charge in [0.25, 0.3) is 0 Å².